The van der Waals surface area contributed by atoms with Crippen molar-refractivity contribution in [1.29, 1.82) is 0 Å². The highest BCUT2D eigenvalue weighted by Crippen LogP contribution is 2.59. The van der Waals surface area contributed by atoms with Gasteiger partial charge in [0.25, 0.3) is 0 Å². The molecule has 17 heavy (non-hydrogen) atoms. The van der Waals surface area contributed by atoms with Crippen molar-refractivity contribution in [2.24, 2.45) is 23.7 Å². The van der Waals surface area contributed by atoms with Crippen molar-refractivity contribution < 1.29 is 9.47 Å². The van der Waals surface area contributed by atoms with Crippen molar-refractivity contribution in [1.82, 2.24) is 0 Å². The largest absolute Gasteiger partial charge is 0.352 e. The monoisotopic (exact) mass is 234 g/mol. The van der Waals surface area contributed by atoms with Crippen molar-refractivity contribution >= 4 is 0 Å². The molecule has 4 atom stereocenters. The predicted octanol–water partition coefficient (Wildman–Crippen LogP) is 3.15. The standard InChI is InChI=1S/C15H22O2/c1-16-15(17-2)13-9-10-14(15)12-8-6-4-3-5-7-11(12)13/h3-4,9-14H,5-8H2,1-2H3. The van der Waals surface area contributed by atoms with Gasteiger partial charge in [0.2, 0.25) is 0 Å². The van der Waals surface area contributed by atoms with Crippen LogP contribution >= 0.6 is 0 Å². The lowest BCUT2D eigenvalue weighted by Gasteiger charge is -2.32. The zero-order valence-corrected chi connectivity index (χ0v) is 10.8. The first-order valence-corrected chi connectivity index (χ1v) is 6.77. The Kier molecular flexibility index (Phi) is 2.87. The SMILES string of the molecule is COC1(OC)C2C=CC1C1CCC=CCCC12. The molecule has 0 N–H and O–H groups in total. The van der Waals surface area contributed by atoms with Crippen molar-refractivity contribution in [2.75, 3.05) is 14.2 Å². The van der Waals surface area contributed by atoms with Crippen LogP contribution in [0.25, 0.3) is 0 Å². The van der Waals surface area contributed by atoms with Crippen LogP contribution in [0.5, 0.6) is 0 Å². The molecule has 3 aliphatic rings. The lowest BCUT2D eigenvalue weighted by atomic mass is 9.77. The van der Waals surface area contributed by atoms with Gasteiger partial charge in [-0.15, -0.1) is 0 Å². The fraction of sp³-hybridized carbons (Fsp3) is 0.733. The highest BCUT2D eigenvalue weighted by molar-refractivity contribution is 5.23. The molecule has 4 unspecified atom stereocenters. The molecule has 0 aromatic rings. The molecule has 0 aromatic carbocycles. The summed E-state index contributed by atoms with van der Waals surface area (Å²) in [6.07, 6.45) is 14.3. The average Bonchev–Trinajstić information content (AvgIpc) is 2.78. The maximum atomic E-state index is 5.80. The summed E-state index contributed by atoms with van der Waals surface area (Å²) in [6, 6.07) is 0. The number of methoxy groups -OCH3 is 2. The second-order valence-corrected chi connectivity index (χ2v) is 5.52. The van der Waals surface area contributed by atoms with Crippen molar-refractivity contribution in [3.8, 4) is 0 Å². The third-order valence-corrected chi connectivity index (χ3v) is 5.07. The number of ether oxygens (including phenoxy) is 2. The minimum absolute atomic E-state index is 0.361. The fourth-order valence-corrected chi connectivity index (χ4v) is 4.37. The van der Waals surface area contributed by atoms with E-state index in [1.807, 2.05) is 0 Å². The summed E-state index contributed by atoms with van der Waals surface area (Å²) in [5.41, 5.74) is 0. The molecule has 0 amide bonds. The van der Waals surface area contributed by atoms with Gasteiger partial charge < -0.3 is 9.47 Å². The topological polar surface area (TPSA) is 18.5 Å². The molecular formula is C15H22O2. The Morgan fingerprint density at radius 2 is 1.35 bits per heavy atom. The van der Waals surface area contributed by atoms with Crippen molar-refractivity contribution in [2.45, 2.75) is 31.5 Å². The first kappa shape index (κ1) is 11.5. The van der Waals surface area contributed by atoms with Crippen LogP contribution in [0.4, 0.5) is 0 Å². The van der Waals surface area contributed by atoms with E-state index in [1.54, 1.807) is 14.2 Å². The summed E-state index contributed by atoms with van der Waals surface area (Å²) in [7, 11) is 3.60. The van der Waals surface area contributed by atoms with Gasteiger partial charge >= 0.3 is 0 Å². The van der Waals surface area contributed by atoms with Crippen LogP contribution < -0.4 is 0 Å². The first-order chi connectivity index (χ1) is 8.33. The molecule has 0 heterocycles. The molecule has 2 bridgehead atoms. The van der Waals surface area contributed by atoms with Gasteiger partial charge in [-0.25, -0.2) is 0 Å². The molecule has 3 rings (SSSR count). The normalized spacial score (nSPS) is 42.2. The van der Waals surface area contributed by atoms with Gasteiger partial charge in [0.05, 0.1) is 0 Å². The molecule has 2 heteroatoms. The molecule has 0 aliphatic heterocycles. The number of allylic oxidation sites excluding steroid dienone is 2. The Labute approximate surface area is 104 Å². The number of fused-ring (bicyclic) bond motifs is 5. The van der Waals surface area contributed by atoms with Crippen LogP contribution in [-0.4, -0.2) is 20.0 Å². The summed E-state index contributed by atoms with van der Waals surface area (Å²) >= 11 is 0. The van der Waals surface area contributed by atoms with E-state index in [0.717, 1.165) is 11.8 Å². The van der Waals surface area contributed by atoms with Crippen LogP contribution in [0.2, 0.25) is 0 Å². The molecule has 2 nitrogen and oxygen atoms in total. The molecule has 0 radical (unpaired) electrons. The zero-order valence-electron chi connectivity index (χ0n) is 10.8. The van der Waals surface area contributed by atoms with E-state index < -0.39 is 0 Å². The van der Waals surface area contributed by atoms with Crippen LogP contribution in [-0.2, 0) is 9.47 Å². The average molecular weight is 234 g/mol. The summed E-state index contributed by atoms with van der Waals surface area (Å²) in [5, 5.41) is 0. The van der Waals surface area contributed by atoms with E-state index >= 15 is 0 Å². The van der Waals surface area contributed by atoms with Crippen LogP contribution in [0.3, 0.4) is 0 Å². The van der Waals surface area contributed by atoms with E-state index in [1.165, 1.54) is 25.7 Å². The van der Waals surface area contributed by atoms with E-state index in [2.05, 4.69) is 24.3 Å². The Morgan fingerprint density at radius 3 is 1.76 bits per heavy atom. The van der Waals surface area contributed by atoms with Gasteiger partial charge in [0.1, 0.15) is 0 Å². The lowest BCUT2D eigenvalue weighted by molar-refractivity contribution is -0.234. The second-order valence-electron chi connectivity index (χ2n) is 5.52. The smallest absolute Gasteiger partial charge is 0.180 e. The van der Waals surface area contributed by atoms with Gasteiger partial charge in [-0.05, 0) is 37.5 Å². The molecule has 1 saturated carbocycles. The van der Waals surface area contributed by atoms with E-state index in [0.29, 0.717) is 11.8 Å². The second kappa shape index (κ2) is 4.25. The summed E-state index contributed by atoms with van der Waals surface area (Å²) in [6.45, 7) is 0. The molecule has 0 aromatic heterocycles. The maximum Gasteiger partial charge on any atom is 0.180 e. The van der Waals surface area contributed by atoms with Gasteiger partial charge in [-0.3, -0.25) is 0 Å². The number of rotatable bonds is 2. The molecular weight excluding hydrogens is 212 g/mol. The van der Waals surface area contributed by atoms with Gasteiger partial charge in [-0.1, -0.05) is 24.3 Å². The predicted molar refractivity (Wildman–Crippen MR) is 67.5 cm³/mol. The first-order valence-electron chi connectivity index (χ1n) is 6.77. The Balaban J connectivity index is 1.92. The van der Waals surface area contributed by atoms with Crippen LogP contribution in [0.1, 0.15) is 25.7 Å². The van der Waals surface area contributed by atoms with Gasteiger partial charge in [0, 0.05) is 26.1 Å². The molecule has 94 valence electrons. The number of hydrogen-bond donors (Lipinski definition) is 0. The molecule has 0 saturated heterocycles. The van der Waals surface area contributed by atoms with Gasteiger partial charge in [0.15, 0.2) is 5.79 Å². The van der Waals surface area contributed by atoms with E-state index in [-0.39, 0.29) is 5.79 Å². The summed E-state index contributed by atoms with van der Waals surface area (Å²) in [5.74, 6) is 2.04. The summed E-state index contributed by atoms with van der Waals surface area (Å²) in [4.78, 5) is 0. The lowest BCUT2D eigenvalue weighted by Crippen LogP contribution is -2.40. The minimum Gasteiger partial charge on any atom is -0.352 e. The van der Waals surface area contributed by atoms with E-state index in [9.17, 15) is 0 Å². The Hall–Kier alpha value is -0.600. The van der Waals surface area contributed by atoms with Gasteiger partial charge in [-0.2, -0.15) is 0 Å². The Morgan fingerprint density at radius 1 is 0.882 bits per heavy atom. The van der Waals surface area contributed by atoms with Crippen molar-refractivity contribution in [3.05, 3.63) is 24.3 Å². The maximum absolute atomic E-state index is 5.80. The quantitative estimate of drug-likeness (QED) is 0.540. The molecule has 1 fully saturated rings. The highest BCUT2D eigenvalue weighted by Gasteiger charge is 2.61. The Bertz CT molecular complexity index is 313. The van der Waals surface area contributed by atoms with Crippen molar-refractivity contribution in [3.63, 3.8) is 0 Å². The highest BCUT2D eigenvalue weighted by atomic mass is 16.7. The fourth-order valence-electron chi connectivity index (χ4n) is 4.37. The third kappa shape index (κ3) is 1.47. The zero-order chi connectivity index (χ0) is 11.9. The van der Waals surface area contributed by atoms with Crippen LogP contribution in [0.15, 0.2) is 24.3 Å². The summed E-state index contributed by atoms with van der Waals surface area (Å²) < 4.78 is 11.6. The van der Waals surface area contributed by atoms with Crippen LogP contribution in [0, 0.1) is 23.7 Å². The molecule has 0 spiro atoms. The third-order valence-electron chi connectivity index (χ3n) is 5.07. The molecule has 3 aliphatic carbocycles. The minimum atomic E-state index is -0.361. The number of hydrogen-bond acceptors (Lipinski definition) is 2. The van der Waals surface area contributed by atoms with E-state index in [4.69, 9.17) is 9.47 Å².